The van der Waals surface area contributed by atoms with Crippen LogP contribution in [0.3, 0.4) is 0 Å². The Morgan fingerprint density at radius 2 is 1.83 bits per heavy atom. The third-order valence-corrected chi connectivity index (χ3v) is 5.25. The summed E-state index contributed by atoms with van der Waals surface area (Å²) in [5.74, 6) is 3.23. The quantitative estimate of drug-likeness (QED) is 0.887. The minimum Gasteiger partial charge on any atom is -0.359 e. The molecule has 2 saturated carbocycles. The van der Waals surface area contributed by atoms with Gasteiger partial charge in [0.15, 0.2) is 0 Å². The molecule has 1 aromatic carbocycles. The molecule has 0 unspecified atom stereocenters. The Kier molecular flexibility index (Phi) is 4.23. The highest BCUT2D eigenvalue weighted by molar-refractivity contribution is 5.41. The Morgan fingerprint density at radius 3 is 2.50 bits per heavy atom. The molecule has 24 heavy (non-hydrogen) atoms. The van der Waals surface area contributed by atoms with Crippen LogP contribution in [0, 0.1) is 0 Å². The Morgan fingerprint density at radius 1 is 1.08 bits per heavy atom. The fourth-order valence-corrected chi connectivity index (χ4v) is 3.36. The number of aromatic nitrogens is 2. The lowest BCUT2D eigenvalue weighted by molar-refractivity contribution is 0.344. The van der Waals surface area contributed by atoms with Gasteiger partial charge in [-0.1, -0.05) is 30.3 Å². The summed E-state index contributed by atoms with van der Waals surface area (Å²) in [5, 5.41) is 0. The van der Waals surface area contributed by atoms with Gasteiger partial charge in [0.05, 0.1) is 0 Å². The number of likely N-dealkylation sites (N-methyl/N-ethyl adjacent to an activating group) is 1. The summed E-state index contributed by atoms with van der Waals surface area (Å²) < 4.78 is 0. The lowest BCUT2D eigenvalue weighted by atomic mass is 9.78. The van der Waals surface area contributed by atoms with Crippen LogP contribution in [0.5, 0.6) is 0 Å². The van der Waals surface area contributed by atoms with Crippen LogP contribution in [0.2, 0.25) is 0 Å². The van der Waals surface area contributed by atoms with Gasteiger partial charge in [-0.15, -0.1) is 0 Å². The number of benzene rings is 1. The van der Waals surface area contributed by atoms with Gasteiger partial charge in [0.25, 0.3) is 0 Å². The molecule has 4 nitrogen and oxygen atoms in total. The lowest BCUT2D eigenvalue weighted by Crippen LogP contribution is -2.35. The van der Waals surface area contributed by atoms with Crippen LogP contribution in [0.4, 0.5) is 5.82 Å². The molecular weight excluding hydrogens is 296 g/mol. The van der Waals surface area contributed by atoms with E-state index in [0.717, 1.165) is 37.4 Å². The van der Waals surface area contributed by atoms with Gasteiger partial charge in [0.2, 0.25) is 0 Å². The Balaban J connectivity index is 1.50. The van der Waals surface area contributed by atoms with E-state index in [1.807, 2.05) is 0 Å². The number of nitrogens with zero attached hydrogens (tertiary/aromatic N) is 3. The first-order valence-electron chi connectivity index (χ1n) is 9.08. The van der Waals surface area contributed by atoms with Crippen molar-refractivity contribution < 1.29 is 0 Å². The molecule has 0 aliphatic heterocycles. The molecule has 2 N–H and O–H groups in total. The number of hydrogen-bond acceptors (Lipinski definition) is 4. The van der Waals surface area contributed by atoms with Crippen molar-refractivity contribution in [3.63, 3.8) is 0 Å². The fraction of sp³-hybridized carbons (Fsp3) is 0.500. The number of nitrogens with two attached hydrogens (primary N) is 1. The van der Waals surface area contributed by atoms with Crippen LogP contribution < -0.4 is 10.6 Å². The van der Waals surface area contributed by atoms with Gasteiger partial charge < -0.3 is 10.6 Å². The van der Waals surface area contributed by atoms with E-state index in [1.54, 1.807) is 0 Å². The van der Waals surface area contributed by atoms with Gasteiger partial charge in [-0.2, -0.15) is 0 Å². The van der Waals surface area contributed by atoms with Crippen LogP contribution in [-0.2, 0) is 6.42 Å². The van der Waals surface area contributed by atoms with Crippen LogP contribution in [0.25, 0.3) is 0 Å². The zero-order chi connectivity index (χ0) is 16.5. The smallest absolute Gasteiger partial charge is 0.134 e. The van der Waals surface area contributed by atoms with Crippen LogP contribution in [0.15, 0.2) is 36.4 Å². The highest BCUT2D eigenvalue weighted by atomic mass is 15.2. The van der Waals surface area contributed by atoms with E-state index in [4.69, 9.17) is 15.7 Å². The molecular formula is C20H26N4. The SMILES string of the molecule is CN(CCc1ccccc1)c1cc(C2CC(N)C2)nc(C2CC2)n1. The molecule has 4 rings (SSSR count). The average Bonchev–Trinajstić information content (AvgIpc) is 3.42. The monoisotopic (exact) mass is 322 g/mol. The molecule has 0 radical (unpaired) electrons. The fourth-order valence-electron chi connectivity index (χ4n) is 3.36. The van der Waals surface area contributed by atoms with Crippen molar-refractivity contribution in [3.05, 3.63) is 53.5 Å². The van der Waals surface area contributed by atoms with Gasteiger partial charge in [-0.25, -0.2) is 9.97 Å². The average molecular weight is 322 g/mol. The van der Waals surface area contributed by atoms with E-state index in [1.165, 1.54) is 24.1 Å². The van der Waals surface area contributed by atoms with Gasteiger partial charge in [0.1, 0.15) is 11.6 Å². The van der Waals surface area contributed by atoms with E-state index < -0.39 is 0 Å². The number of hydrogen-bond donors (Lipinski definition) is 1. The van der Waals surface area contributed by atoms with Crippen molar-refractivity contribution >= 4 is 5.82 Å². The first-order chi connectivity index (χ1) is 11.7. The molecule has 0 spiro atoms. The van der Waals surface area contributed by atoms with Gasteiger partial charge >= 0.3 is 0 Å². The molecule has 2 fully saturated rings. The minimum absolute atomic E-state index is 0.355. The first kappa shape index (κ1) is 15.6. The molecule has 0 bridgehead atoms. The molecule has 2 aromatic rings. The van der Waals surface area contributed by atoms with Crippen LogP contribution in [0.1, 0.15) is 54.6 Å². The molecule has 1 aromatic heterocycles. The van der Waals surface area contributed by atoms with E-state index in [-0.39, 0.29) is 0 Å². The molecule has 0 atom stereocenters. The molecule has 1 heterocycles. The van der Waals surface area contributed by atoms with Crippen molar-refractivity contribution in [1.82, 2.24) is 9.97 Å². The third kappa shape index (κ3) is 3.44. The summed E-state index contributed by atoms with van der Waals surface area (Å²) >= 11 is 0. The van der Waals surface area contributed by atoms with E-state index in [2.05, 4.69) is 48.3 Å². The van der Waals surface area contributed by atoms with Gasteiger partial charge in [-0.3, -0.25) is 0 Å². The van der Waals surface area contributed by atoms with Crippen molar-refractivity contribution in [2.75, 3.05) is 18.5 Å². The molecule has 2 aliphatic rings. The van der Waals surface area contributed by atoms with Gasteiger partial charge in [0, 0.05) is 43.2 Å². The largest absolute Gasteiger partial charge is 0.359 e. The van der Waals surface area contributed by atoms with Crippen molar-refractivity contribution in [2.24, 2.45) is 5.73 Å². The standard InChI is InChI=1S/C20H26N4/c1-24(10-9-14-5-3-2-4-6-14)19-13-18(16-11-17(21)12-16)22-20(23-19)15-7-8-15/h2-6,13,15-17H,7-12,21H2,1H3. The summed E-state index contributed by atoms with van der Waals surface area (Å²) in [6, 6.07) is 13.2. The normalized spacial score (nSPS) is 22.9. The molecule has 4 heteroatoms. The molecule has 0 saturated heterocycles. The predicted molar refractivity (Wildman–Crippen MR) is 97.4 cm³/mol. The number of anilines is 1. The molecule has 0 amide bonds. The zero-order valence-electron chi connectivity index (χ0n) is 14.4. The summed E-state index contributed by atoms with van der Waals surface area (Å²) in [5.41, 5.74) is 8.54. The Hall–Kier alpha value is -1.94. The van der Waals surface area contributed by atoms with Crippen molar-refractivity contribution in [2.45, 2.75) is 50.0 Å². The summed E-state index contributed by atoms with van der Waals surface area (Å²) in [4.78, 5) is 12.0. The van der Waals surface area contributed by atoms with E-state index in [9.17, 15) is 0 Å². The summed E-state index contributed by atoms with van der Waals surface area (Å²) in [7, 11) is 2.14. The third-order valence-electron chi connectivity index (χ3n) is 5.25. The predicted octanol–water partition coefficient (Wildman–Crippen LogP) is 3.24. The van der Waals surface area contributed by atoms with Crippen LogP contribution >= 0.6 is 0 Å². The number of rotatable bonds is 6. The highest BCUT2D eigenvalue weighted by Gasteiger charge is 2.32. The van der Waals surface area contributed by atoms with Crippen molar-refractivity contribution in [3.8, 4) is 0 Å². The molecule has 126 valence electrons. The summed E-state index contributed by atoms with van der Waals surface area (Å²) in [6.07, 6.45) is 5.63. The second-order valence-corrected chi connectivity index (χ2v) is 7.37. The minimum atomic E-state index is 0.355. The first-order valence-corrected chi connectivity index (χ1v) is 9.08. The zero-order valence-corrected chi connectivity index (χ0v) is 14.4. The maximum Gasteiger partial charge on any atom is 0.134 e. The highest BCUT2D eigenvalue weighted by Crippen LogP contribution is 2.41. The summed E-state index contributed by atoms with van der Waals surface area (Å²) in [6.45, 7) is 0.967. The second-order valence-electron chi connectivity index (χ2n) is 7.37. The van der Waals surface area contributed by atoms with E-state index >= 15 is 0 Å². The van der Waals surface area contributed by atoms with E-state index in [0.29, 0.717) is 17.9 Å². The van der Waals surface area contributed by atoms with Crippen LogP contribution in [-0.4, -0.2) is 29.6 Å². The topological polar surface area (TPSA) is 55.0 Å². The maximum atomic E-state index is 5.97. The second kappa shape index (κ2) is 6.52. The maximum absolute atomic E-state index is 5.97. The lowest BCUT2D eigenvalue weighted by Gasteiger charge is -2.32. The molecule has 2 aliphatic carbocycles. The Labute approximate surface area is 144 Å². The Bertz CT molecular complexity index is 690. The van der Waals surface area contributed by atoms with Gasteiger partial charge in [-0.05, 0) is 37.7 Å². The van der Waals surface area contributed by atoms with Crippen molar-refractivity contribution in [1.29, 1.82) is 0 Å².